The van der Waals surface area contributed by atoms with Crippen LogP contribution < -0.4 is 0 Å². The number of hydrogen-bond donors (Lipinski definition) is 1. The molecule has 0 amide bonds. The highest BCUT2D eigenvalue weighted by molar-refractivity contribution is 5.83. The summed E-state index contributed by atoms with van der Waals surface area (Å²) in [5.41, 5.74) is -0.122. The molecule has 1 rings (SSSR count). The van der Waals surface area contributed by atoms with Crippen LogP contribution in [-0.4, -0.2) is 11.1 Å². The molecule has 0 saturated heterocycles. The number of rotatable bonds is 6. The molecule has 2 heteroatoms. The summed E-state index contributed by atoms with van der Waals surface area (Å²) in [4.78, 5) is 11.5. The van der Waals surface area contributed by atoms with Crippen LogP contribution in [0.5, 0.6) is 0 Å². The fraction of sp³-hybridized carbons (Fsp3) is 0.357. The van der Waals surface area contributed by atoms with Gasteiger partial charge in [0.1, 0.15) is 5.41 Å². The molecule has 2 nitrogen and oxygen atoms in total. The van der Waals surface area contributed by atoms with Gasteiger partial charge in [-0.3, -0.25) is 4.79 Å². The van der Waals surface area contributed by atoms with Crippen LogP contribution in [0.3, 0.4) is 0 Å². The molecule has 0 aromatic heterocycles. The van der Waals surface area contributed by atoms with Gasteiger partial charge >= 0.3 is 5.97 Å². The molecule has 0 spiro atoms. The van der Waals surface area contributed by atoms with Gasteiger partial charge < -0.3 is 5.11 Å². The molecule has 0 bridgehead atoms. The molecule has 0 fully saturated rings. The van der Waals surface area contributed by atoms with Crippen molar-refractivity contribution in [1.82, 2.24) is 0 Å². The topological polar surface area (TPSA) is 37.3 Å². The first-order valence-electron chi connectivity index (χ1n) is 5.60. The van der Waals surface area contributed by atoms with Crippen LogP contribution in [0.2, 0.25) is 0 Å². The average Bonchev–Trinajstić information content (AvgIpc) is 2.31. The van der Waals surface area contributed by atoms with E-state index in [9.17, 15) is 9.90 Å². The van der Waals surface area contributed by atoms with Crippen molar-refractivity contribution in [2.45, 2.75) is 31.6 Å². The van der Waals surface area contributed by atoms with Gasteiger partial charge in [0, 0.05) is 0 Å². The number of carbonyl (C=O) groups is 1. The van der Waals surface area contributed by atoms with E-state index in [1.54, 1.807) is 6.08 Å². The smallest absolute Gasteiger partial charge is 0.318 e. The molecule has 0 aliphatic rings. The van der Waals surface area contributed by atoms with E-state index in [2.05, 4.69) is 13.5 Å². The Kier molecular flexibility index (Phi) is 4.29. The first kappa shape index (κ1) is 12.5. The molecule has 86 valence electrons. The van der Waals surface area contributed by atoms with Crippen molar-refractivity contribution < 1.29 is 9.90 Å². The summed E-state index contributed by atoms with van der Waals surface area (Å²) in [6.07, 6.45) is 4.02. The summed E-state index contributed by atoms with van der Waals surface area (Å²) < 4.78 is 0. The predicted molar refractivity (Wildman–Crippen MR) is 65.5 cm³/mol. The molecule has 0 saturated carbocycles. The highest BCUT2D eigenvalue weighted by atomic mass is 16.4. The normalized spacial score (nSPS) is 14.1. The van der Waals surface area contributed by atoms with Gasteiger partial charge in [-0.25, -0.2) is 0 Å². The standard InChI is InChI=1S/C14H18O2/c1-3-5-11-14(4-2,13(15)16)12-9-7-6-8-10-12/h4,6-10H,2-3,5,11H2,1H3,(H,15,16). The van der Waals surface area contributed by atoms with Crippen molar-refractivity contribution in [1.29, 1.82) is 0 Å². The van der Waals surface area contributed by atoms with Crippen molar-refractivity contribution in [3.63, 3.8) is 0 Å². The molecule has 1 N–H and O–H groups in total. The van der Waals surface area contributed by atoms with Crippen LogP contribution in [0, 0.1) is 0 Å². The summed E-state index contributed by atoms with van der Waals surface area (Å²) in [6, 6.07) is 9.32. The van der Waals surface area contributed by atoms with E-state index in [4.69, 9.17) is 0 Å². The molecule has 1 atom stereocenters. The zero-order valence-electron chi connectivity index (χ0n) is 9.65. The van der Waals surface area contributed by atoms with Crippen molar-refractivity contribution in [2.75, 3.05) is 0 Å². The molecule has 0 radical (unpaired) electrons. The minimum atomic E-state index is -0.933. The van der Waals surface area contributed by atoms with E-state index in [-0.39, 0.29) is 0 Å². The fourth-order valence-corrected chi connectivity index (χ4v) is 1.87. The van der Waals surface area contributed by atoms with Crippen LogP contribution >= 0.6 is 0 Å². The van der Waals surface area contributed by atoms with Gasteiger partial charge in [0.25, 0.3) is 0 Å². The van der Waals surface area contributed by atoms with E-state index in [0.717, 1.165) is 18.4 Å². The summed E-state index contributed by atoms with van der Waals surface area (Å²) in [5.74, 6) is -0.817. The van der Waals surface area contributed by atoms with Crippen molar-refractivity contribution in [3.8, 4) is 0 Å². The minimum Gasteiger partial charge on any atom is -0.480 e. The van der Waals surface area contributed by atoms with Crippen molar-refractivity contribution >= 4 is 5.97 Å². The Labute approximate surface area is 96.6 Å². The quantitative estimate of drug-likeness (QED) is 0.743. The Balaban J connectivity index is 3.12. The molecule has 1 aromatic carbocycles. The number of carboxylic acids is 1. The summed E-state index contributed by atoms with van der Waals surface area (Å²) in [5, 5.41) is 9.43. The van der Waals surface area contributed by atoms with Crippen molar-refractivity contribution in [3.05, 3.63) is 48.6 Å². The highest BCUT2D eigenvalue weighted by Crippen LogP contribution is 2.31. The first-order valence-corrected chi connectivity index (χ1v) is 5.60. The van der Waals surface area contributed by atoms with Crippen LogP contribution in [0.1, 0.15) is 31.7 Å². The van der Waals surface area contributed by atoms with Crippen LogP contribution in [-0.2, 0) is 10.2 Å². The molecular formula is C14H18O2. The number of benzene rings is 1. The van der Waals surface area contributed by atoms with E-state index in [0.29, 0.717) is 6.42 Å². The average molecular weight is 218 g/mol. The van der Waals surface area contributed by atoms with Gasteiger partial charge in [-0.05, 0) is 12.0 Å². The molecule has 0 aliphatic carbocycles. The third-order valence-electron chi connectivity index (χ3n) is 2.94. The van der Waals surface area contributed by atoms with Gasteiger partial charge in [-0.15, -0.1) is 6.58 Å². The minimum absolute atomic E-state index is 0.604. The number of hydrogen-bond acceptors (Lipinski definition) is 1. The lowest BCUT2D eigenvalue weighted by Gasteiger charge is -2.26. The zero-order chi connectivity index (χ0) is 12.0. The van der Waals surface area contributed by atoms with Crippen LogP contribution in [0.4, 0.5) is 0 Å². The Bertz CT molecular complexity index is 356. The number of aliphatic carboxylic acids is 1. The van der Waals surface area contributed by atoms with Gasteiger partial charge in [-0.1, -0.05) is 56.2 Å². The van der Waals surface area contributed by atoms with Gasteiger partial charge in [0.05, 0.1) is 0 Å². The maximum Gasteiger partial charge on any atom is 0.318 e. The third-order valence-corrected chi connectivity index (χ3v) is 2.94. The third kappa shape index (κ3) is 2.32. The second-order valence-corrected chi connectivity index (χ2v) is 3.95. The molecule has 0 heterocycles. The van der Waals surface area contributed by atoms with Crippen molar-refractivity contribution in [2.24, 2.45) is 0 Å². The SMILES string of the molecule is C=CC(CCCC)(C(=O)O)c1ccccc1. The lowest BCUT2D eigenvalue weighted by atomic mass is 9.76. The van der Waals surface area contributed by atoms with Crippen LogP contribution in [0.15, 0.2) is 43.0 Å². The number of unbranched alkanes of at least 4 members (excludes halogenated alkanes) is 1. The molecule has 1 aromatic rings. The summed E-state index contributed by atoms with van der Waals surface area (Å²) in [6.45, 7) is 5.76. The lowest BCUT2D eigenvalue weighted by Crippen LogP contribution is -2.33. The Morgan fingerprint density at radius 2 is 2.06 bits per heavy atom. The maximum absolute atomic E-state index is 11.5. The van der Waals surface area contributed by atoms with Gasteiger partial charge in [0.15, 0.2) is 0 Å². The summed E-state index contributed by atoms with van der Waals surface area (Å²) in [7, 11) is 0. The lowest BCUT2D eigenvalue weighted by molar-refractivity contribution is -0.142. The second kappa shape index (κ2) is 5.50. The number of carboxylic acid groups (broad SMARTS) is 1. The van der Waals surface area contributed by atoms with E-state index in [1.807, 2.05) is 30.3 Å². The molecule has 0 aliphatic heterocycles. The van der Waals surface area contributed by atoms with Crippen LogP contribution in [0.25, 0.3) is 0 Å². The summed E-state index contributed by atoms with van der Waals surface area (Å²) >= 11 is 0. The Morgan fingerprint density at radius 3 is 2.50 bits per heavy atom. The Morgan fingerprint density at radius 1 is 1.44 bits per heavy atom. The van der Waals surface area contributed by atoms with E-state index >= 15 is 0 Å². The predicted octanol–water partition coefficient (Wildman–Crippen LogP) is 3.39. The Hall–Kier alpha value is -1.57. The van der Waals surface area contributed by atoms with Gasteiger partial charge in [-0.2, -0.15) is 0 Å². The molecular weight excluding hydrogens is 200 g/mol. The van der Waals surface area contributed by atoms with Gasteiger partial charge in [0.2, 0.25) is 0 Å². The molecule has 1 unspecified atom stereocenters. The zero-order valence-corrected chi connectivity index (χ0v) is 9.65. The fourth-order valence-electron chi connectivity index (χ4n) is 1.87. The maximum atomic E-state index is 11.5. The molecule has 16 heavy (non-hydrogen) atoms. The second-order valence-electron chi connectivity index (χ2n) is 3.95. The first-order chi connectivity index (χ1) is 7.67. The highest BCUT2D eigenvalue weighted by Gasteiger charge is 2.36. The monoisotopic (exact) mass is 218 g/mol. The van der Waals surface area contributed by atoms with E-state index in [1.165, 1.54) is 0 Å². The van der Waals surface area contributed by atoms with E-state index < -0.39 is 11.4 Å². The largest absolute Gasteiger partial charge is 0.480 e.